The predicted molar refractivity (Wildman–Crippen MR) is 66.4 cm³/mol. The van der Waals surface area contributed by atoms with E-state index in [-0.39, 0.29) is 17.9 Å². The molecule has 0 aromatic heterocycles. The molecule has 1 aromatic rings. The Morgan fingerprint density at radius 2 is 2.21 bits per heavy atom. The second-order valence-corrected chi connectivity index (χ2v) is 3.83. The van der Waals surface area contributed by atoms with Crippen LogP contribution >= 0.6 is 0 Å². The Kier molecular flexibility index (Phi) is 5.50. The highest BCUT2D eigenvalue weighted by Crippen LogP contribution is 2.23. The van der Waals surface area contributed by atoms with E-state index >= 15 is 0 Å². The normalized spacial score (nSPS) is 10.6. The van der Waals surface area contributed by atoms with E-state index in [4.69, 9.17) is 15.6 Å². The number of benzene rings is 1. The summed E-state index contributed by atoms with van der Waals surface area (Å²) >= 11 is 0. The fourth-order valence-electron chi connectivity index (χ4n) is 1.63. The molecule has 0 unspecified atom stereocenters. The van der Waals surface area contributed by atoms with Crippen molar-refractivity contribution in [1.29, 1.82) is 0 Å². The maximum absolute atomic E-state index is 12.4. The third kappa shape index (κ3) is 4.06. The summed E-state index contributed by atoms with van der Waals surface area (Å²) in [6.07, 6.45) is -2.68. The number of nitrogen functional groups attached to an aromatic ring is 1. The van der Waals surface area contributed by atoms with Gasteiger partial charge < -0.3 is 20.5 Å². The van der Waals surface area contributed by atoms with Crippen LogP contribution in [-0.2, 0) is 0 Å². The molecule has 0 bridgehead atoms. The third-order valence-corrected chi connectivity index (χ3v) is 2.47. The highest BCUT2D eigenvalue weighted by molar-refractivity contribution is 5.97. The van der Waals surface area contributed by atoms with Gasteiger partial charge in [0.25, 0.3) is 12.3 Å². The molecular formula is C12H16F2N2O3. The monoisotopic (exact) mass is 274 g/mol. The zero-order valence-electron chi connectivity index (χ0n) is 10.5. The number of nitrogens with two attached hydrogens (primary N) is 1. The fourth-order valence-corrected chi connectivity index (χ4v) is 1.63. The van der Waals surface area contributed by atoms with Gasteiger partial charge >= 0.3 is 0 Å². The summed E-state index contributed by atoms with van der Waals surface area (Å²) < 4.78 is 29.8. The largest absolute Gasteiger partial charge is 0.496 e. The molecule has 106 valence electrons. The molecule has 0 aliphatic rings. The first-order valence-corrected chi connectivity index (χ1v) is 5.61. The lowest BCUT2D eigenvalue weighted by Gasteiger charge is -2.22. The van der Waals surface area contributed by atoms with E-state index < -0.39 is 25.5 Å². The van der Waals surface area contributed by atoms with Crippen LogP contribution in [0.5, 0.6) is 5.75 Å². The Balaban J connectivity index is 3.04. The van der Waals surface area contributed by atoms with Gasteiger partial charge in [0, 0.05) is 12.2 Å². The van der Waals surface area contributed by atoms with Crippen LogP contribution in [-0.4, -0.2) is 49.1 Å². The molecule has 0 aliphatic carbocycles. The van der Waals surface area contributed by atoms with Crippen molar-refractivity contribution in [3.8, 4) is 5.75 Å². The number of halogens is 2. The quantitative estimate of drug-likeness (QED) is 0.758. The minimum atomic E-state index is -2.68. The summed E-state index contributed by atoms with van der Waals surface area (Å²) in [5, 5.41) is 8.83. The van der Waals surface area contributed by atoms with Crippen LogP contribution in [0.2, 0.25) is 0 Å². The highest BCUT2D eigenvalue weighted by Gasteiger charge is 2.22. The van der Waals surface area contributed by atoms with Gasteiger partial charge in [0.05, 0.1) is 25.8 Å². The maximum Gasteiger partial charge on any atom is 0.257 e. The van der Waals surface area contributed by atoms with Crippen molar-refractivity contribution in [3.05, 3.63) is 23.8 Å². The molecule has 19 heavy (non-hydrogen) atoms. The van der Waals surface area contributed by atoms with Crippen LogP contribution in [0.1, 0.15) is 10.4 Å². The van der Waals surface area contributed by atoms with Crippen LogP contribution in [0.3, 0.4) is 0 Å². The maximum atomic E-state index is 12.4. The summed E-state index contributed by atoms with van der Waals surface area (Å²) in [5.41, 5.74) is 5.99. The first kappa shape index (κ1) is 15.2. The van der Waals surface area contributed by atoms with E-state index in [2.05, 4.69) is 0 Å². The number of aliphatic hydroxyl groups is 1. The van der Waals surface area contributed by atoms with Gasteiger partial charge in [-0.2, -0.15) is 0 Å². The van der Waals surface area contributed by atoms with Crippen LogP contribution in [0.25, 0.3) is 0 Å². The second-order valence-electron chi connectivity index (χ2n) is 3.83. The minimum absolute atomic E-state index is 0.0941. The molecule has 0 heterocycles. The lowest BCUT2D eigenvalue weighted by molar-refractivity contribution is 0.0506. The van der Waals surface area contributed by atoms with Gasteiger partial charge in [-0.25, -0.2) is 8.78 Å². The number of ether oxygens (including phenoxy) is 1. The number of alkyl halides is 2. The number of hydrogen-bond donors (Lipinski definition) is 2. The first-order chi connectivity index (χ1) is 8.99. The molecule has 7 heteroatoms. The van der Waals surface area contributed by atoms with E-state index in [1.165, 1.54) is 19.2 Å². The van der Waals surface area contributed by atoms with Crippen LogP contribution in [0.4, 0.5) is 14.5 Å². The van der Waals surface area contributed by atoms with Crippen LogP contribution in [0.15, 0.2) is 18.2 Å². The number of amides is 1. The first-order valence-electron chi connectivity index (χ1n) is 5.61. The zero-order valence-corrected chi connectivity index (χ0v) is 10.5. The fraction of sp³-hybridized carbons (Fsp3) is 0.417. The van der Waals surface area contributed by atoms with E-state index in [9.17, 15) is 13.6 Å². The average molecular weight is 274 g/mol. The number of anilines is 1. The number of nitrogens with zero attached hydrogens (tertiary/aromatic N) is 1. The Morgan fingerprint density at radius 1 is 1.53 bits per heavy atom. The van der Waals surface area contributed by atoms with Crippen molar-refractivity contribution < 1.29 is 23.4 Å². The molecule has 1 aromatic carbocycles. The van der Waals surface area contributed by atoms with Gasteiger partial charge in [-0.15, -0.1) is 0 Å². The van der Waals surface area contributed by atoms with E-state index in [1.54, 1.807) is 6.07 Å². The van der Waals surface area contributed by atoms with Crippen molar-refractivity contribution in [2.45, 2.75) is 6.43 Å². The molecule has 1 amide bonds. The molecule has 3 N–H and O–H groups in total. The van der Waals surface area contributed by atoms with Crippen LogP contribution < -0.4 is 10.5 Å². The average Bonchev–Trinajstić information content (AvgIpc) is 2.37. The predicted octanol–water partition coefficient (Wildman–Crippen LogP) is 0.977. The van der Waals surface area contributed by atoms with Crippen molar-refractivity contribution in [2.75, 3.05) is 32.5 Å². The van der Waals surface area contributed by atoms with Gasteiger partial charge in [-0.3, -0.25) is 4.79 Å². The van der Waals surface area contributed by atoms with Crippen molar-refractivity contribution in [2.24, 2.45) is 0 Å². The van der Waals surface area contributed by atoms with E-state index in [0.29, 0.717) is 5.69 Å². The number of aliphatic hydroxyl groups excluding tert-OH is 1. The Bertz CT molecular complexity index is 441. The molecule has 1 rings (SSSR count). The smallest absolute Gasteiger partial charge is 0.257 e. The third-order valence-electron chi connectivity index (χ3n) is 2.47. The summed E-state index contributed by atoms with van der Waals surface area (Å²) in [7, 11) is 1.37. The lowest BCUT2D eigenvalue weighted by Crippen LogP contribution is -2.37. The zero-order chi connectivity index (χ0) is 14.4. The molecule has 0 atom stereocenters. The molecule has 0 radical (unpaired) electrons. The molecule has 5 nitrogen and oxygen atoms in total. The van der Waals surface area contributed by atoms with Crippen molar-refractivity contribution >= 4 is 11.6 Å². The minimum Gasteiger partial charge on any atom is -0.496 e. The number of carbonyl (C=O) groups is 1. The highest BCUT2D eigenvalue weighted by atomic mass is 19.3. The number of carbonyl (C=O) groups excluding carboxylic acids is 1. The summed E-state index contributed by atoms with van der Waals surface area (Å²) in [6.45, 7) is -1.33. The standard InChI is InChI=1S/C12H16F2N2O3/c1-19-10-3-2-8(15)6-9(10)12(18)16(4-5-17)7-11(13)14/h2-3,6,11,17H,4-5,7,15H2,1H3. The topological polar surface area (TPSA) is 75.8 Å². The van der Waals surface area contributed by atoms with Gasteiger partial charge in [-0.05, 0) is 18.2 Å². The molecular weight excluding hydrogens is 258 g/mol. The Hall–Kier alpha value is -1.89. The summed E-state index contributed by atoms with van der Waals surface area (Å²) in [6, 6.07) is 4.39. The van der Waals surface area contributed by atoms with E-state index in [1.807, 2.05) is 0 Å². The van der Waals surface area contributed by atoms with Crippen molar-refractivity contribution in [1.82, 2.24) is 4.90 Å². The van der Waals surface area contributed by atoms with E-state index in [0.717, 1.165) is 4.90 Å². The molecule has 0 spiro atoms. The van der Waals surface area contributed by atoms with Gasteiger partial charge in [-0.1, -0.05) is 0 Å². The molecule has 0 fully saturated rings. The van der Waals surface area contributed by atoms with Gasteiger partial charge in [0.2, 0.25) is 0 Å². The number of methoxy groups -OCH3 is 1. The number of rotatable bonds is 6. The summed E-state index contributed by atoms with van der Waals surface area (Å²) in [5.74, 6) is -0.407. The summed E-state index contributed by atoms with van der Waals surface area (Å²) in [4.78, 5) is 13.0. The van der Waals surface area contributed by atoms with Gasteiger partial charge in [0.15, 0.2) is 0 Å². The Labute approximate surface area is 109 Å². The lowest BCUT2D eigenvalue weighted by atomic mass is 10.1. The Morgan fingerprint density at radius 3 is 2.74 bits per heavy atom. The SMILES string of the molecule is COc1ccc(N)cc1C(=O)N(CCO)CC(F)F. The molecule has 0 saturated heterocycles. The molecule has 0 saturated carbocycles. The van der Waals surface area contributed by atoms with Crippen molar-refractivity contribution in [3.63, 3.8) is 0 Å². The molecule has 0 aliphatic heterocycles. The second kappa shape index (κ2) is 6.89. The van der Waals surface area contributed by atoms with Gasteiger partial charge in [0.1, 0.15) is 5.75 Å². The number of hydrogen-bond acceptors (Lipinski definition) is 4. The van der Waals surface area contributed by atoms with Crippen LogP contribution in [0, 0.1) is 0 Å².